The van der Waals surface area contributed by atoms with Gasteiger partial charge in [-0.15, -0.1) is 0 Å². The Bertz CT molecular complexity index is 576. The SMILES string of the molecule is CCN(Cc1ccc(N)cc1)C(=O)c1ccc(O)cc1. The van der Waals surface area contributed by atoms with Crippen molar-refractivity contribution in [1.29, 1.82) is 0 Å². The van der Waals surface area contributed by atoms with Gasteiger partial charge < -0.3 is 15.7 Å². The lowest BCUT2D eigenvalue weighted by atomic mass is 10.1. The van der Waals surface area contributed by atoms with Crippen LogP contribution in [0.4, 0.5) is 5.69 Å². The number of hydrogen-bond donors (Lipinski definition) is 2. The summed E-state index contributed by atoms with van der Waals surface area (Å²) in [5.41, 5.74) is 7.97. The van der Waals surface area contributed by atoms with Crippen LogP contribution in [0.3, 0.4) is 0 Å². The van der Waals surface area contributed by atoms with Gasteiger partial charge >= 0.3 is 0 Å². The molecule has 0 aliphatic carbocycles. The lowest BCUT2D eigenvalue weighted by Crippen LogP contribution is -2.30. The highest BCUT2D eigenvalue weighted by Gasteiger charge is 2.14. The molecule has 0 fully saturated rings. The van der Waals surface area contributed by atoms with E-state index < -0.39 is 0 Å². The number of hydrogen-bond acceptors (Lipinski definition) is 3. The average molecular weight is 270 g/mol. The molecule has 2 rings (SSSR count). The van der Waals surface area contributed by atoms with Gasteiger partial charge in [-0.05, 0) is 48.9 Å². The molecule has 20 heavy (non-hydrogen) atoms. The highest BCUT2D eigenvalue weighted by molar-refractivity contribution is 5.94. The first kappa shape index (κ1) is 13.9. The zero-order valence-corrected chi connectivity index (χ0v) is 11.4. The Morgan fingerprint density at radius 2 is 1.70 bits per heavy atom. The molecular weight excluding hydrogens is 252 g/mol. The fourth-order valence-corrected chi connectivity index (χ4v) is 1.96. The smallest absolute Gasteiger partial charge is 0.254 e. The van der Waals surface area contributed by atoms with Crippen molar-refractivity contribution in [1.82, 2.24) is 4.90 Å². The molecule has 0 radical (unpaired) electrons. The van der Waals surface area contributed by atoms with E-state index >= 15 is 0 Å². The Balaban J connectivity index is 2.13. The van der Waals surface area contributed by atoms with Crippen LogP contribution in [0.2, 0.25) is 0 Å². The molecule has 104 valence electrons. The maximum Gasteiger partial charge on any atom is 0.254 e. The molecule has 0 unspecified atom stereocenters. The summed E-state index contributed by atoms with van der Waals surface area (Å²) in [6.07, 6.45) is 0. The Labute approximate surface area is 118 Å². The molecule has 0 aliphatic heterocycles. The minimum atomic E-state index is -0.0516. The third-order valence-electron chi connectivity index (χ3n) is 3.14. The minimum Gasteiger partial charge on any atom is -0.508 e. The zero-order chi connectivity index (χ0) is 14.5. The van der Waals surface area contributed by atoms with Gasteiger partial charge in [-0.2, -0.15) is 0 Å². The van der Waals surface area contributed by atoms with E-state index in [1.54, 1.807) is 17.0 Å². The second-order valence-corrected chi connectivity index (χ2v) is 4.61. The van der Waals surface area contributed by atoms with Gasteiger partial charge in [-0.1, -0.05) is 12.1 Å². The predicted octanol–water partition coefficient (Wildman–Crippen LogP) is 2.64. The fourth-order valence-electron chi connectivity index (χ4n) is 1.96. The van der Waals surface area contributed by atoms with E-state index in [0.29, 0.717) is 24.3 Å². The molecule has 2 aromatic rings. The van der Waals surface area contributed by atoms with Gasteiger partial charge in [0.25, 0.3) is 5.91 Å². The summed E-state index contributed by atoms with van der Waals surface area (Å²) in [5.74, 6) is 0.104. The van der Waals surface area contributed by atoms with Crippen LogP contribution in [0.1, 0.15) is 22.8 Å². The number of carbonyl (C=O) groups excluding carboxylic acids is 1. The molecule has 4 nitrogen and oxygen atoms in total. The molecule has 0 saturated heterocycles. The largest absolute Gasteiger partial charge is 0.508 e. The number of amides is 1. The molecule has 3 N–H and O–H groups in total. The number of rotatable bonds is 4. The normalized spacial score (nSPS) is 10.2. The highest BCUT2D eigenvalue weighted by atomic mass is 16.3. The monoisotopic (exact) mass is 270 g/mol. The lowest BCUT2D eigenvalue weighted by Gasteiger charge is -2.21. The Kier molecular flexibility index (Phi) is 4.25. The van der Waals surface area contributed by atoms with Gasteiger partial charge in [0.2, 0.25) is 0 Å². The maximum absolute atomic E-state index is 12.4. The van der Waals surface area contributed by atoms with E-state index in [2.05, 4.69) is 0 Å². The molecule has 0 atom stereocenters. The van der Waals surface area contributed by atoms with E-state index in [0.717, 1.165) is 5.56 Å². The van der Waals surface area contributed by atoms with Crippen molar-refractivity contribution in [3.05, 3.63) is 59.7 Å². The van der Waals surface area contributed by atoms with Crippen LogP contribution in [-0.2, 0) is 6.54 Å². The van der Waals surface area contributed by atoms with E-state index in [4.69, 9.17) is 5.73 Å². The summed E-state index contributed by atoms with van der Waals surface area (Å²) in [6, 6.07) is 13.8. The van der Waals surface area contributed by atoms with E-state index in [1.165, 1.54) is 12.1 Å². The third-order valence-corrected chi connectivity index (χ3v) is 3.14. The van der Waals surface area contributed by atoms with Crippen molar-refractivity contribution < 1.29 is 9.90 Å². The number of anilines is 1. The number of aromatic hydroxyl groups is 1. The highest BCUT2D eigenvalue weighted by Crippen LogP contribution is 2.14. The van der Waals surface area contributed by atoms with Crippen molar-refractivity contribution in [2.45, 2.75) is 13.5 Å². The summed E-state index contributed by atoms with van der Waals surface area (Å²) in [6.45, 7) is 3.09. The molecule has 1 amide bonds. The maximum atomic E-state index is 12.4. The van der Waals surface area contributed by atoms with Gasteiger partial charge in [0.1, 0.15) is 5.75 Å². The van der Waals surface area contributed by atoms with Gasteiger partial charge in [-0.3, -0.25) is 4.79 Å². The molecule has 2 aromatic carbocycles. The number of nitrogens with two attached hydrogens (primary N) is 1. The summed E-state index contributed by atoms with van der Waals surface area (Å²) in [5, 5.41) is 9.26. The first-order valence-corrected chi connectivity index (χ1v) is 6.53. The molecule has 0 aliphatic rings. The minimum absolute atomic E-state index is 0.0516. The average Bonchev–Trinajstić information content (AvgIpc) is 2.47. The van der Waals surface area contributed by atoms with Crippen LogP contribution in [0, 0.1) is 0 Å². The van der Waals surface area contributed by atoms with Gasteiger partial charge in [0, 0.05) is 24.3 Å². The van der Waals surface area contributed by atoms with Crippen molar-refractivity contribution in [3.63, 3.8) is 0 Å². The van der Waals surface area contributed by atoms with E-state index in [-0.39, 0.29) is 11.7 Å². The van der Waals surface area contributed by atoms with E-state index in [9.17, 15) is 9.90 Å². The van der Waals surface area contributed by atoms with Gasteiger partial charge in [-0.25, -0.2) is 0 Å². The number of phenols is 1. The summed E-state index contributed by atoms with van der Waals surface area (Å²) in [4.78, 5) is 14.1. The van der Waals surface area contributed by atoms with Crippen LogP contribution in [0.15, 0.2) is 48.5 Å². The molecule has 0 heterocycles. The van der Waals surface area contributed by atoms with Crippen LogP contribution < -0.4 is 5.73 Å². The second-order valence-electron chi connectivity index (χ2n) is 4.61. The molecular formula is C16H18N2O2. The summed E-state index contributed by atoms with van der Waals surface area (Å²) < 4.78 is 0. The van der Waals surface area contributed by atoms with Crippen molar-refractivity contribution in [2.75, 3.05) is 12.3 Å². The number of carbonyl (C=O) groups is 1. The van der Waals surface area contributed by atoms with E-state index in [1.807, 2.05) is 31.2 Å². The van der Waals surface area contributed by atoms with Gasteiger partial charge in [0.15, 0.2) is 0 Å². The number of benzene rings is 2. The number of nitrogens with zero attached hydrogens (tertiary/aromatic N) is 1. The van der Waals surface area contributed by atoms with Crippen LogP contribution >= 0.6 is 0 Å². The third kappa shape index (κ3) is 3.29. The van der Waals surface area contributed by atoms with Crippen LogP contribution in [0.25, 0.3) is 0 Å². The van der Waals surface area contributed by atoms with Gasteiger partial charge in [0.05, 0.1) is 0 Å². The molecule has 0 spiro atoms. The van der Waals surface area contributed by atoms with Crippen molar-refractivity contribution in [2.24, 2.45) is 0 Å². The Morgan fingerprint density at radius 1 is 1.10 bits per heavy atom. The molecule has 4 heteroatoms. The Morgan fingerprint density at radius 3 is 2.25 bits per heavy atom. The molecule has 0 bridgehead atoms. The lowest BCUT2D eigenvalue weighted by molar-refractivity contribution is 0.0752. The summed E-state index contributed by atoms with van der Waals surface area (Å²) in [7, 11) is 0. The van der Waals surface area contributed by atoms with Crippen LogP contribution in [-0.4, -0.2) is 22.5 Å². The first-order valence-electron chi connectivity index (χ1n) is 6.53. The van der Waals surface area contributed by atoms with Crippen molar-refractivity contribution >= 4 is 11.6 Å². The second kappa shape index (κ2) is 6.10. The predicted molar refractivity (Wildman–Crippen MR) is 79.4 cm³/mol. The molecule has 0 saturated carbocycles. The quantitative estimate of drug-likeness (QED) is 0.839. The number of phenolic OH excluding ortho intramolecular Hbond substituents is 1. The summed E-state index contributed by atoms with van der Waals surface area (Å²) >= 11 is 0. The van der Waals surface area contributed by atoms with Crippen LogP contribution in [0.5, 0.6) is 5.75 Å². The zero-order valence-electron chi connectivity index (χ0n) is 11.4. The number of nitrogen functional groups attached to an aromatic ring is 1. The fraction of sp³-hybridized carbons (Fsp3) is 0.188. The standard InChI is InChI=1S/C16H18N2O2/c1-2-18(11-12-3-7-14(17)8-4-12)16(20)13-5-9-15(19)10-6-13/h3-10,19H,2,11,17H2,1H3. The first-order chi connectivity index (χ1) is 9.60. The molecule has 0 aromatic heterocycles. The van der Waals surface area contributed by atoms with Crippen molar-refractivity contribution in [3.8, 4) is 5.75 Å². The topological polar surface area (TPSA) is 66.6 Å². The Hall–Kier alpha value is -2.49.